The highest BCUT2D eigenvalue weighted by Gasteiger charge is 2.28. The summed E-state index contributed by atoms with van der Waals surface area (Å²) in [5.41, 5.74) is 5.28. The number of hydrogen-bond donors (Lipinski definition) is 5. The van der Waals surface area contributed by atoms with E-state index in [1.807, 2.05) is 0 Å². The molecule has 6 heteroatoms. The Balaban J connectivity index is 2.68. The molecular formula is C9H13NO5. The fourth-order valence-electron chi connectivity index (χ4n) is 1.30. The van der Waals surface area contributed by atoms with Crippen LogP contribution in [0.5, 0.6) is 0 Å². The Morgan fingerprint density at radius 2 is 2.20 bits per heavy atom. The van der Waals surface area contributed by atoms with E-state index in [9.17, 15) is 9.90 Å². The molecule has 0 fully saturated rings. The molecule has 6 nitrogen and oxygen atoms in total. The topological polar surface area (TPSA) is 124 Å². The zero-order valence-corrected chi connectivity index (χ0v) is 7.87. The van der Waals surface area contributed by atoms with E-state index < -0.39 is 23.7 Å². The standard InChI is InChI=1S/C9H13NO5/c10-6(8(12)13)3-5-1-2-9(14,15)4-7(5)11/h1-2,4-6,11,14-15H,3,10H2,(H,12,13). The summed E-state index contributed by atoms with van der Waals surface area (Å²) >= 11 is 0. The van der Waals surface area contributed by atoms with Crippen LogP contribution in [0.15, 0.2) is 24.0 Å². The van der Waals surface area contributed by atoms with E-state index in [4.69, 9.17) is 21.1 Å². The fraction of sp³-hybridized carbons (Fsp3) is 0.444. The Labute approximate surface area is 86.0 Å². The predicted molar refractivity (Wildman–Crippen MR) is 50.7 cm³/mol. The lowest BCUT2D eigenvalue weighted by Crippen LogP contribution is -2.34. The Bertz CT molecular complexity index is 320. The number of rotatable bonds is 3. The molecule has 1 aliphatic carbocycles. The highest BCUT2D eigenvalue weighted by Crippen LogP contribution is 2.24. The van der Waals surface area contributed by atoms with Crippen LogP contribution in [0.25, 0.3) is 0 Å². The number of carboxylic acid groups (broad SMARTS) is 1. The van der Waals surface area contributed by atoms with Gasteiger partial charge < -0.3 is 26.2 Å². The third kappa shape index (κ3) is 3.05. The van der Waals surface area contributed by atoms with Crippen LogP contribution in [0.1, 0.15) is 6.42 Å². The van der Waals surface area contributed by atoms with E-state index in [0.717, 1.165) is 12.2 Å². The molecule has 0 bridgehead atoms. The van der Waals surface area contributed by atoms with E-state index in [0.29, 0.717) is 0 Å². The van der Waals surface area contributed by atoms with Crippen LogP contribution in [0, 0.1) is 5.92 Å². The summed E-state index contributed by atoms with van der Waals surface area (Å²) in [6.07, 6.45) is 3.22. The second kappa shape index (κ2) is 4.01. The van der Waals surface area contributed by atoms with Crippen molar-refractivity contribution in [3.05, 3.63) is 24.0 Å². The highest BCUT2D eigenvalue weighted by atomic mass is 16.5. The molecule has 0 saturated heterocycles. The molecule has 0 aromatic rings. The molecule has 0 saturated carbocycles. The molecule has 2 unspecified atom stereocenters. The van der Waals surface area contributed by atoms with E-state index in [2.05, 4.69) is 0 Å². The SMILES string of the molecule is NC(CC1C=CC(O)(O)C=C1O)C(=O)O. The van der Waals surface area contributed by atoms with Gasteiger partial charge in [0.2, 0.25) is 5.79 Å². The lowest BCUT2D eigenvalue weighted by atomic mass is 9.92. The van der Waals surface area contributed by atoms with E-state index in [-0.39, 0.29) is 12.2 Å². The number of hydrogen-bond acceptors (Lipinski definition) is 5. The van der Waals surface area contributed by atoms with Crippen molar-refractivity contribution in [2.75, 3.05) is 0 Å². The van der Waals surface area contributed by atoms with Crippen molar-refractivity contribution >= 4 is 5.97 Å². The number of nitrogens with two attached hydrogens (primary N) is 1. The normalized spacial score (nSPS) is 25.8. The highest BCUT2D eigenvalue weighted by molar-refractivity contribution is 5.73. The van der Waals surface area contributed by atoms with Crippen LogP contribution in [-0.4, -0.2) is 38.2 Å². The van der Waals surface area contributed by atoms with Gasteiger partial charge in [-0.05, 0) is 12.5 Å². The van der Waals surface area contributed by atoms with Gasteiger partial charge in [0, 0.05) is 12.0 Å². The molecule has 1 rings (SSSR count). The van der Waals surface area contributed by atoms with Crippen molar-refractivity contribution in [3.63, 3.8) is 0 Å². The molecule has 1 aliphatic rings. The van der Waals surface area contributed by atoms with Crippen molar-refractivity contribution < 1.29 is 25.2 Å². The first-order valence-electron chi connectivity index (χ1n) is 4.36. The van der Waals surface area contributed by atoms with Crippen molar-refractivity contribution in [2.45, 2.75) is 18.2 Å². The fourth-order valence-corrected chi connectivity index (χ4v) is 1.30. The summed E-state index contributed by atoms with van der Waals surface area (Å²) in [4.78, 5) is 10.5. The van der Waals surface area contributed by atoms with Gasteiger partial charge in [-0.2, -0.15) is 0 Å². The molecule has 0 aromatic heterocycles. The predicted octanol–water partition coefficient (Wildman–Crippen LogP) is -0.903. The van der Waals surface area contributed by atoms with Crippen LogP contribution in [0.4, 0.5) is 0 Å². The minimum absolute atomic E-state index is 0.00421. The Morgan fingerprint density at radius 1 is 1.60 bits per heavy atom. The summed E-state index contributed by atoms with van der Waals surface area (Å²) in [6.45, 7) is 0. The number of allylic oxidation sites excluding steroid dienone is 1. The van der Waals surface area contributed by atoms with E-state index in [1.54, 1.807) is 0 Å². The van der Waals surface area contributed by atoms with Crippen LogP contribution >= 0.6 is 0 Å². The first-order valence-corrected chi connectivity index (χ1v) is 4.36. The number of aliphatic hydroxyl groups excluding tert-OH is 1. The van der Waals surface area contributed by atoms with Gasteiger partial charge in [0.1, 0.15) is 11.8 Å². The van der Waals surface area contributed by atoms with Gasteiger partial charge in [-0.15, -0.1) is 0 Å². The van der Waals surface area contributed by atoms with Gasteiger partial charge in [-0.1, -0.05) is 6.08 Å². The first-order chi connectivity index (χ1) is 6.82. The lowest BCUT2D eigenvalue weighted by molar-refractivity contribution is -0.138. The van der Waals surface area contributed by atoms with E-state index >= 15 is 0 Å². The molecule has 0 amide bonds. The van der Waals surface area contributed by atoms with Gasteiger partial charge in [0.25, 0.3) is 0 Å². The van der Waals surface area contributed by atoms with E-state index in [1.165, 1.54) is 6.08 Å². The molecule has 0 radical (unpaired) electrons. The molecule has 15 heavy (non-hydrogen) atoms. The second-order valence-electron chi connectivity index (χ2n) is 3.50. The molecule has 0 heterocycles. The van der Waals surface area contributed by atoms with Gasteiger partial charge in [-0.25, -0.2) is 0 Å². The van der Waals surface area contributed by atoms with Crippen LogP contribution in [0.2, 0.25) is 0 Å². The second-order valence-corrected chi connectivity index (χ2v) is 3.50. The summed E-state index contributed by atoms with van der Waals surface area (Å²) < 4.78 is 0. The summed E-state index contributed by atoms with van der Waals surface area (Å²) in [6, 6.07) is -1.10. The van der Waals surface area contributed by atoms with Crippen LogP contribution < -0.4 is 5.73 Å². The summed E-state index contributed by atoms with van der Waals surface area (Å²) in [5, 5.41) is 36.1. The van der Waals surface area contributed by atoms with Crippen LogP contribution in [-0.2, 0) is 4.79 Å². The summed E-state index contributed by atoms with van der Waals surface area (Å²) in [7, 11) is 0. The van der Waals surface area contributed by atoms with Crippen molar-refractivity contribution in [1.82, 2.24) is 0 Å². The maximum Gasteiger partial charge on any atom is 0.320 e. The maximum absolute atomic E-state index is 10.5. The number of aliphatic hydroxyl groups is 3. The molecule has 6 N–H and O–H groups in total. The lowest BCUT2D eigenvalue weighted by Gasteiger charge is -2.23. The third-order valence-corrected chi connectivity index (χ3v) is 2.14. The molecular weight excluding hydrogens is 202 g/mol. The zero-order valence-electron chi connectivity index (χ0n) is 7.87. The smallest absolute Gasteiger partial charge is 0.320 e. The minimum atomic E-state index is -2.17. The molecule has 2 atom stereocenters. The van der Waals surface area contributed by atoms with Crippen molar-refractivity contribution in [1.29, 1.82) is 0 Å². The van der Waals surface area contributed by atoms with Gasteiger partial charge in [0.15, 0.2) is 0 Å². The monoisotopic (exact) mass is 215 g/mol. The van der Waals surface area contributed by atoms with Gasteiger partial charge in [-0.3, -0.25) is 4.79 Å². The maximum atomic E-state index is 10.5. The van der Waals surface area contributed by atoms with Crippen LogP contribution in [0.3, 0.4) is 0 Å². The number of aliphatic carboxylic acids is 1. The minimum Gasteiger partial charge on any atom is -0.512 e. The quantitative estimate of drug-likeness (QED) is 0.307. The Hall–Kier alpha value is -1.37. The third-order valence-electron chi connectivity index (χ3n) is 2.14. The largest absolute Gasteiger partial charge is 0.512 e. The summed E-state index contributed by atoms with van der Waals surface area (Å²) in [5.74, 6) is -4.22. The molecule has 0 spiro atoms. The van der Waals surface area contributed by atoms with Crippen molar-refractivity contribution in [3.8, 4) is 0 Å². The Kier molecular flexibility index (Phi) is 3.13. The molecule has 0 aromatic carbocycles. The van der Waals surface area contributed by atoms with Gasteiger partial charge >= 0.3 is 5.97 Å². The zero-order chi connectivity index (χ0) is 11.6. The number of carbonyl (C=O) groups is 1. The number of carboxylic acids is 1. The molecule has 0 aliphatic heterocycles. The average molecular weight is 215 g/mol. The first kappa shape index (κ1) is 11.7. The molecule has 84 valence electrons. The average Bonchev–Trinajstić information content (AvgIpc) is 2.08. The van der Waals surface area contributed by atoms with Crippen molar-refractivity contribution in [2.24, 2.45) is 11.7 Å². The van der Waals surface area contributed by atoms with Gasteiger partial charge in [0.05, 0.1) is 0 Å². The Morgan fingerprint density at radius 3 is 2.67 bits per heavy atom.